The molecule has 108 valence electrons. The Morgan fingerprint density at radius 2 is 2.10 bits per heavy atom. The number of Topliss-reactive ketones (excluding diaryl/α,β-unsaturated/α-hetero) is 1. The zero-order valence-corrected chi connectivity index (χ0v) is 13.0. The first-order valence-electron chi connectivity index (χ1n) is 7.34. The van der Waals surface area contributed by atoms with Crippen LogP contribution in [0, 0.1) is 5.92 Å². The van der Waals surface area contributed by atoms with Gasteiger partial charge in [0.2, 0.25) is 0 Å². The van der Waals surface area contributed by atoms with E-state index in [1.807, 2.05) is 25.1 Å². The van der Waals surface area contributed by atoms with Gasteiger partial charge in [0, 0.05) is 24.4 Å². The number of carbonyl (C=O) groups excluding carboxylic acids is 1. The minimum absolute atomic E-state index is 0.0796. The molecule has 20 heavy (non-hydrogen) atoms. The SMILES string of the molecule is CCC(=O)[C@H]1[C@@H](c2ccc(Cl)c(Cl)c2)C[C@@H]2CC[C@H]1N2. The zero-order valence-electron chi connectivity index (χ0n) is 11.5. The summed E-state index contributed by atoms with van der Waals surface area (Å²) in [5.74, 6) is 0.714. The Kier molecular flexibility index (Phi) is 4.07. The highest BCUT2D eigenvalue weighted by molar-refractivity contribution is 6.42. The van der Waals surface area contributed by atoms with Crippen molar-refractivity contribution < 1.29 is 4.79 Å². The molecule has 3 rings (SSSR count). The molecule has 0 aliphatic carbocycles. The van der Waals surface area contributed by atoms with Gasteiger partial charge >= 0.3 is 0 Å². The number of halogens is 2. The minimum atomic E-state index is 0.0796. The third kappa shape index (κ3) is 2.49. The molecule has 2 heterocycles. The Hall–Kier alpha value is -0.570. The molecule has 0 spiro atoms. The van der Waals surface area contributed by atoms with Crippen molar-refractivity contribution in [2.24, 2.45) is 5.92 Å². The Balaban J connectivity index is 1.96. The van der Waals surface area contributed by atoms with E-state index in [-0.39, 0.29) is 11.8 Å². The number of benzene rings is 1. The van der Waals surface area contributed by atoms with Gasteiger partial charge in [0.05, 0.1) is 10.0 Å². The number of piperidine rings is 1. The molecule has 2 nitrogen and oxygen atoms in total. The van der Waals surface area contributed by atoms with Gasteiger partial charge in [-0.05, 0) is 42.9 Å². The second-order valence-electron chi connectivity index (χ2n) is 5.91. The van der Waals surface area contributed by atoms with Crippen LogP contribution in [-0.2, 0) is 4.79 Å². The number of fused-ring (bicyclic) bond motifs is 2. The number of ketones is 1. The van der Waals surface area contributed by atoms with E-state index in [0.29, 0.717) is 34.3 Å². The summed E-state index contributed by atoms with van der Waals surface area (Å²) in [5, 5.41) is 4.76. The molecular formula is C16H19Cl2NO. The van der Waals surface area contributed by atoms with E-state index in [9.17, 15) is 4.79 Å². The summed E-state index contributed by atoms with van der Waals surface area (Å²) in [7, 11) is 0. The van der Waals surface area contributed by atoms with E-state index in [1.54, 1.807) is 0 Å². The fraction of sp³-hybridized carbons (Fsp3) is 0.562. The lowest BCUT2D eigenvalue weighted by Gasteiger charge is -2.37. The van der Waals surface area contributed by atoms with Crippen LogP contribution in [0.3, 0.4) is 0 Å². The van der Waals surface area contributed by atoms with Crippen LogP contribution in [0.4, 0.5) is 0 Å². The predicted molar refractivity (Wildman–Crippen MR) is 82.6 cm³/mol. The normalized spacial score (nSPS) is 32.4. The van der Waals surface area contributed by atoms with Crippen LogP contribution in [0.1, 0.15) is 44.1 Å². The summed E-state index contributed by atoms with van der Waals surface area (Å²) in [4.78, 5) is 12.4. The van der Waals surface area contributed by atoms with Gasteiger partial charge < -0.3 is 5.32 Å². The zero-order chi connectivity index (χ0) is 14.3. The maximum Gasteiger partial charge on any atom is 0.137 e. The molecular weight excluding hydrogens is 293 g/mol. The Labute approximate surface area is 129 Å². The van der Waals surface area contributed by atoms with Gasteiger partial charge in [-0.3, -0.25) is 4.79 Å². The second kappa shape index (κ2) is 5.67. The van der Waals surface area contributed by atoms with Crippen molar-refractivity contribution in [3.8, 4) is 0 Å². The number of hydrogen-bond donors (Lipinski definition) is 1. The van der Waals surface area contributed by atoms with Crippen molar-refractivity contribution in [2.75, 3.05) is 0 Å². The second-order valence-corrected chi connectivity index (χ2v) is 6.72. The van der Waals surface area contributed by atoms with Crippen LogP contribution >= 0.6 is 23.2 Å². The molecule has 0 saturated carbocycles. The standard InChI is InChI=1S/C16H19Cl2NO/c1-2-15(20)16-11(8-10-4-6-14(16)19-10)9-3-5-12(17)13(18)7-9/h3,5,7,10-11,14,16,19H,2,4,6,8H2,1H3/t10-,11+,14+,16-/m0/s1. The summed E-state index contributed by atoms with van der Waals surface area (Å²) < 4.78 is 0. The molecule has 0 radical (unpaired) electrons. The lowest BCUT2D eigenvalue weighted by molar-refractivity contribution is -0.124. The summed E-state index contributed by atoms with van der Waals surface area (Å²) >= 11 is 12.2. The van der Waals surface area contributed by atoms with E-state index in [2.05, 4.69) is 5.32 Å². The molecule has 2 aliphatic heterocycles. The van der Waals surface area contributed by atoms with E-state index < -0.39 is 0 Å². The molecule has 0 aromatic heterocycles. The summed E-state index contributed by atoms with van der Waals surface area (Å²) in [6.07, 6.45) is 3.91. The van der Waals surface area contributed by atoms with Gasteiger partial charge in [0.1, 0.15) is 5.78 Å². The van der Waals surface area contributed by atoms with Crippen molar-refractivity contribution in [3.05, 3.63) is 33.8 Å². The molecule has 4 atom stereocenters. The first-order valence-corrected chi connectivity index (χ1v) is 8.09. The third-order valence-corrected chi connectivity index (χ3v) is 5.51. The van der Waals surface area contributed by atoms with Crippen LogP contribution in [0.15, 0.2) is 18.2 Å². The number of nitrogens with one attached hydrogen (secondary N) is 1. The van der Waals surface area contributed by atoms with Crippen LogP contribution in [0.5, 0.6) is 0 Å². The molecule has 2 aliphatic rings. The third-order valence-electron chi connectivity index (χ3n) is 4.77. The molecule has 1 N–H and O–H groups in total. The molecule has 0 unspecified atom stereocenters. The average Bonchev–Trinajstić information content (AvgIpc) is 2.82. The van der Waals surface area contributed by atoms with Crippen LogP contribution in [0.2, 0.25) is 10.0 Å². The molecule has 0 amide bonds. The van der Waals surface area contributed by atoms with Crippen LogP contribution in [-0.4, -0.2) is 17.9 Å². The molecule has 1 aromatic rings. The van der Waals surface area contributed by atoms with Gasteiger partial charge in [-0.15, -0.1) is 0 Å². The van der Waals surface area contributed by atoms with Gasteiger partial charge in [0.25, 0.3) is 0 Å². The lowest BCUT2D eigenvalue weighted by Crippen LogP contribution is -2.47. The van der Waals surface area contributed by atoms with Gasteiger partial charge in [-0.25, -0.2) is 0 Å². The first-order chi connectivity index (χ1) is 9.60. The minimum Gasteiger partial charge on any atom is -0.310 e. The average molecular weight is 312 g/mol. The highest BCUT2D eigenvalue weighted by Crippen LogP contribution is 2.43. The Morgan fingerprint density at radius 3 is 2.80 bits per heavy atom. The fourth-order valence-corrected chi connectivity index (χ4v) is 4.13. The van der Waals surface area contributed by atoms with Crippen LogP contribution in [0.25, 0.3) is 0 Å². The van der Waals surface area contributed by atoms with E-state index >= 15 is 0 Å². The predicted octanol–water partition coefficient (Wildman–Crippen LogP) is 4.20. The summed E-state index contributed by atoms with van der Waals surface area (Å²) in [5.41, 5.74) is 1.16. The van der Waals surface area contributed by atoms with Gasteiger partial charge in [0.15, 0.2) is 0 Å². The Bertz CT molecular complexity index is 531. The first kappa shape index (κ1) is 14.4. The van der Waals surface area contributed by atoms with Crippen molar-refractivity contribution in [1.29, 1.82) is 0 Å². The Morgan fingerprint density at radius 1 is 1.30 bits per heavy atom. The van der Waals surface area contributed by atoms with Crippen molar-refractivity contribution in [2.45, 2.75) is 50.6 Å². The largest absolute Gasteiger partial charge is 0.310 e. The molecule has 1 aromatic carbocycles. The maximum absolute atomic E-state index is 12.4. The quantitative estimate of drug-likeness (QED) is 0.906. The fourth-order valence-electron chi connectivity index (χ4n) is 3.82. The molecule has 2 saturated heterocycles. The van der Waals surface area contributed by atoms with Gasteiger partial charge in [-0.1, -0.05) is 36.2 Å². The molecule has 4 heteroatoms. The summed E-state index contributed by atoms with van der Waals surface area (Å²) in [6.45, 7) is 1.95. The van der Waals surface area contributed by atoms with E-state index in [4.69, 9.17) is 23.2 Å². The van der Waals surface area contributed by atoms with Crippen molar-refractivity contribution in [1.82, 2.24) is 5.32 Å². The topological polar surface area (TPSA) is 29.1 Å². The summed E-state index contributed by atoms with van der Waals surface area (Å²) in [6, 6.07) is 6.69. The molecule has 2 bridgehead atoms. The monoisotopic (exact) mass is 311 g/mol. The highest BCUT2D eigenvalue weighted by atomic mass is 35.5. The number of hydrogen-bond acceptors (Lipinski definition) is 2. The van der Waals surface area contributed by atoms with Crippen molar-refractivity contribution in [3.63, 3.8) is 0 Å². The number of carbonyl (C=O) groups is 1. The van der Waals surface area contributed by atoms with Crippen molar-refractivity contribution >= 4 is 29.0 Å². The van der Waals surface area contributed by atoms with Crippen LogP contribution < -0.4 is 5.32 Å². The lowest BCUT2D eigenvalue weighted by atomic mass is 9.74. The van der Waals surface area contributed by atoms with Gasteiger partial charge in [-0.2, -0.15) is 0 Å². The van der Waals surface area contributed by atoms with E-state index in [1.165, 1.54) is 6.42 Å². The highest BCUT2D eigenvalue weighted by Gasteiger charge is 2.44. The maximum atomic E-state index is 12.4. The number of rotatable bonds is 3. The van der Waals surface area contributed by atoms with E-state index in [0.717, 1.165) is 18.4 Å². The smallest absolute Gasteiger partial charge is 0.137 e. The molecule has 2 fully saturated rings.